The summed E-state index contributed by atoms with van der Waals surface area (Å²) in [4.78, 5) is 14.8. The first-order valence-electron chi connectivity index (χ1n) is 6.53. The smallest absolute Gasteiger partial charge is 0.270 e. The summed E-state index contributed by atoms with van der Waals surface area (Å²) in [5, 5.41) is 11.6. The number of hydrogen-bond donors (Lipinski definition) is 0. The van der Waals surface area contributed by atoms with E-state index in [1.165, 1.54) is 17.4 Å². The predicted octanol–water partition coefficient (Wildman–Crippen LogP) is 4.38. The lowest BCUT2D eigenvalue weighted by molar-refractivity contribution is -0.384. The summed E-state index contributed by atoms with van der Waals surface area (Å²) in [6.07, 6.45) is 3.85. The highest BCUT2D eigenvalue weighted by Gasteiger charge is 2.09. The molecule has 2 aromatic carbocycles. The number of thiazole rings is 1. The molecule has 0 atom stereocenters. The van der Waals surface area contributed by atoms with Crippen LogP contribution in [0.1, 0.15) is 10.6 Å². The highest BCUT2D eigenvalue weighted by Crippen LogP contribution is 2.27. The molecule has 6 heteroatoms. The summed E-state index contributed by atoms with van der Waals surface area (Å²) in [5.74, 6) is 0.810. The average molecular weight is 312 g/mol. The van der Waals surface area contributed by atoms with E-state index in [4.69, 9.17) is 4.74 Å². The maximum Gasteiger partial charge on any atom is 0.270 e. The van der Waals surface area contributed by atoms with Gasteiger partial charge in [0.15, 0.2) is 0 Å². The molecule has 0 unspecified atom stereocenters. The minimum absolute atomic E-state index is 0.0850. The molecule has 0 spiro atoms. The second-order valence-electron chi connectivity index (χ2n) is 4.57. The van der Waals surface area contributed by atoms with Gasteiger partial charge in [-0.25, -0.2) is 4.98 Å². The third-order valence-corrected chi connectivity index (χ3v) is 4.12. The summed E-state index contributed by atoms with van der Waals surface area (Å²) in [6.45, 7) is 0. The lowest BCUT2D eigenvalue weighted by Gasteiger charge is -1.98. The van der Waals surface area contributed by atoms with E-state index in [9.17, 15) is 10.1 Å². The van der Waals surface area contributed by atoms with Crippen molar-refractivity contribution < 1.29 is 9.66 Å². The van der Waals surface area contributed by atoms with Crippen LogP contribution in [0.15, 0.2) is 42.5 Å². The Balaban J connectivity index is 1.86. The molecule has 0 bridgehead atoms. The number of non-ortho nitro benzene ring substituents is 1. The van der Waals surface area contributed by atoms with E-state index in [1.54, 1.807) is 19.2 Å². The Morgan fingerprint density at radius 2 is 1.95 bits per heavy atom. The van der Waals surface area contributed by atoms with Gasteiger partial charge in [0.25, 0.3) is 5.69 Å². The van der Waals surface area contributed by atoms with E-state index < -0.39 is 4.92 Å². The quantitative estimate of drug-likeness (QED) is 0.529. The second kappa shape index (κ2) is 5.95. The van der Waals surface area contributed by atoms with Crippen molar-refractivity contribution in [3.63, 3.8) is 0 Å². The number of hydrogen-bond acceptors (Lipinski definition) is 5. The molecule has 0 aliphatic heterocycles. The van der Waals surface area contributed by atoms with Crippen molar-refractivity contribution in [3.05, 3.63) is 63.1 Å². The van der Waals surface area contributed by atoms with E-state index in [1.807, 2.05) is 36.4 Å². The van der Waals surface area contributed by atoms with Gasteiger partial charge in [-0.1, -0.05) is 18.2 Å². The predicted molar refractivity (Wildman–Crippen MR) is 88.2 cm³/mol. The molecule has 110 valence electrons. The molecule has 0 aliphatic carbocycles. The van der Waals surface area contributed by atoms with Gasteiger partial charge in [0.1, 0.15) is 10.8 Å². The Morgan fingerprint density at radius 3 is 2.64 bits per heavy atom. The minimum atomic E-state index is -0.397. The third-order valence-electron chi connectivity index (χ3n) is 3.13. The monoisotopic (exact) mass is 312 g/mol. The van der Waals surface area contributed by atoms with E-state index in [-0.39, 0.29) is 5.69 Å². The van der Waals surface area contributed by atoms with E-state index in [0.29, 0.717) is 0 Å². The fourth-order valence-corrected chi connectivity index (χ4v) is 2.90. The van der Waals surface area contributed by atoms with Crippen LogP contribution in [0.25, 0.3) is 22.4 Å². The first-order chi connectivity index (χ1) is 10.7. The van der Waals surface area contributed by atoms with Gasteiger partial charge in [0, 0.05) is 12.1 Å². The van der Waals surface area contributed by atoms with Crippen molar-refractivity contribution in [2.75, 3.05) is 7.11 Å². The SMILES string of the molecule is COc1ccc(C=Cc2nc3ccc([N+](=O)[O-])cc3s2)cc1. The molecule has 22 heavy (non-hydrogen) atoms. The molecule has 0 N–H and O–H groups in total. The maximum atomic E-state index is 10.8. The van der Waals surface area contributed by atoms with Gasteiger partial charge in [0.2, 0.25) is 0 Å². The summed E-state index contributed by atoms with van der Waals surface area (Å²) < 4.78 is 5.92. The highest BCUT2D eigenvalue weighted by molar-refractivity contribution is 7.19. The van der Waals surface area contributed by atoms with Gasteiger partial charge < -0.3 is 4.74 Å². The summed E-state index contributed by atoms with van der Waals surface area (Å²) in [6, 6.07) is 12.4. The van der Waals surface area contributed by atoms with Crippen LogP contribution < -0.4 is 4.74 Å². The number of nitro groups is 1. The van der Waals surface area contributed by atoms with Crippen LogP contribution in [0.3, 0.4) is 0 Å². The zero-order valence-corrected chi connectivity index (χ0v) is 12.5. The number of ether oxygens (including phenoxy) is 1. The number of rotatable bonds is 4. The Labute approximate surface area is 130 Å². The molecule has 0 amide bonds. The molecule has 3 aromatic rings. The van der Waals surface area contributed by atoms with Crippen LogP contribution in [-0.2, 0) is 0 Å². The zero-order valence-electron chi connectivity index (χ0n) is 11.7. The largest absolute Gasteiger partial charge is 0.497 e. The molecule has 0 saturated carbocycles. The molecule has 0 saturated heterocycles. The fraction of sp³-hybridized carbons (Fsp3) is 0.0625. The molecule has 1 heterocycles. The first kappa shape index (κ1) is 14.2. The summed E-state index contributed by atoms with van der Waals surface area (Å²) in [5.41, 5.74) is 1.89. The van der Waals surface area contributed by atoms with Crippen LogP contribution >= 0.6 is 11.3 Å². The molecule has 0 aliphatic rings. The van der Waals surface area contributed by atoms with Crippen LogP contribution in [0, 0.1) is 10.1 Å². The zero-order chi connectivity index (χ0) is 15.5. The fourth-order valence-electron chi connectivity index (χ4n) is 2.00. The van der Waals surface area contributed by atoms with Crippen molar-refractivity contribution in [1.82, 2.24) is 4.98 Å². The first-order valence-corrected chi connectivity index (χ1v) is 7.34. The Bertz CT molecular complexity index is 853. The van der Waals surface area contributed by atoms with Crippen LogP contribution in [-0.4, -0.2) is 17.0 Å². The van der Waals surface area contributed by atoms with E-state index in [0.717, 1.165) is 26.5 Å². The molecule has 0 radical (unpaired) electrons. The molecule has 5 nitrogen and oxygen atoms in total. The lowest BCUT2D eigenvalue weighted by atomic mass is 10.2. The van der Waals surface area contributed by atoms with Crippen LogP contribution in [0.2, 0.25) is 0 Å². The van der Waals surface area contributed by atoms with E-state index >= 15 is 0 Å². The number of benzene rings is 2. The minimum Gasteiger partial charge on any atom is -0.497 e. The Morgan fingerprint density at radius 1 is 1.18 bits per heavy atom. The standard InChI is InChI=1S/C16H12N2O3S/c1-21-13-6-2-11(3-7-13)4-9-16-17-14-8-5-12(18(19)20)10-15(14)22-16/h2-10H,1H3. The summed E-state index contributed by atoms with van der Waals surface area (Å²) in [7, 11) is 1.63. The van der Waals surface area contributed by atoms with Gasteiger partial charge in [-0.3, -0.25) is 10.1 Å². The number of nitro benzene ring substituents is 1. The van der Waals surface area contributed by atoms with Crippen molar-refractivity contribution in [2.45, 2.75) is 0 Å². The number of fused-ring (bicyclic) bond motifs is 1. The maximum absolute atomic E-state index is 10.8. The van der Waals surface area contributed by atoms with Crippen molar-refractivity contribution >= 4 is 39.4 Å². The van der Waals surface area contributed by atoms with Gasteiger partial charge in [-0.05, 0) is 29.8 Å². The lowest BCUT2D eigenvalue weighted by Crippen LogP contribution is -1.85. The Hall–Kier alpha value is -2.73. The van der Waals surface area contributed by atoms with Crippen molar-refractivity contribution in [3.8, 4) is 5.75 Å². The molecular weight excluding hydrogens is 300 g/mol. The Kier molecular flexibility index (Phi) is 3.84. The van der Waals surface area contributed by atoms with Gasteiger partial charge >= 0.3 is 0 Å². The molecular formula is C16H12N2O3S. The molecule has 1 aromatic heterocycles. The van der Waals surface area contributed by atoms with Gasteiger partial charge in [-0.2, -0.15) is 0 Å². The average Bonchev–Trinajstić information content (AvgIpc) is 2.95. The number of nitrogens with zero attached hydrogens (tertiary/aromatic N) is 2. The van der Waals surface area contributed by atoms with Crippen LogP contribution in [0.4, 0.5) is 5.69 Å². The highest BCUT2D eigenvalue weighted by atomic mass is 32.1. The topological polar surface area (TPSA) is 65.3 Å². The van der Waals surface area contributed by atoms with Crippen molar-refractivity contribution in [2.24, 2.45) is 0 Å². The number of methoxy groups -OCH3 is 1. The normalized spacial score (nSPS) is 11.1. The summed E-state index contributed by atoms with van der Waals surface area (Å²) >= 11 is 1.43. The van der Waals surface area contributed by atoms with Crippen LogP contribution in [0.5, 0.6) is 5.75 Å². The van der Waals surface area contributed by atoms with Gasteiger partial charge in [0.05, 0.1) is 22.2 Å². The van der Waals surface area contributed by atoms with Crippen molar-refractivity contribution in [1.29, 1.82) is 0 Å². The molecule has 3 rings (SSSR count). The number of aromatic nitrogens is 1. The third kappa shape index (κ3) is 2.96. The second-order valence-corrected chi connectivity index (χ2v) is 5.63. The van der Waals surface area contributed by atoms with Gasteiger partial charge in [-0.15, -0.1) is 11.3 Å². The molecule has 0 fully saturated rings. The van der Waals surface area contributed by atoms with E-state index in [2.05, 4.69) is 4.98 Å².